The zero-order valence-corrected chi connectivity index (χ0v) is 18.6. The van der Waals surface area contributed by atoms with Crippen molar-refractivity contribution < 1.29 is 14.4 Å². The standard InChI is InChI=1S/C24H31N5O3/c1-3-22(30)25-18-15-19(29(2)16-18)24(32)28-21-13-8-12-20(26-21)27-23(31)14-7-11-17-9-5-4-6-10-17/h4-6,8-10,12-13,18-19H,3,7,11,14-16H2,1-2H3,(H,25,30)(H2,26,27,28,31,32)/t18-,19+/m1/s1. The molecule has 1 aliphatic heterocycles. The molecule has 0 aliphatic carbocycles. The molecule has 1 aromatic carbocycles. The van der Waals surface area contributed by atoms with Gasteiger partial charge < -0.3 is 16.0 Å². The first-order chi connectivity index (χ1) is 15.4. The molecule has 1 aromatic heterocycles. The number of amides is 3. The monoisotopic (exact) mass is 437 g/mol. The molecule has 0 unspecified atom stereocenters. The van der Waals surface area contributed by atoms with E-state index >= 15 is 0 Å². The summed E-state index contributed by atoms with van der Waals surface area (Å²) in [6.07, 6.45) is 2.95. The number of aromatic nitrogens is 1. The van der Waals surface area contributed by atoms with Crippen LogP contribution in [0, 0.1) is 0 Å². The van der Waals surface area contributed by atoms with Crippen molar-refractivity contribution in [2.45, 2.75) is 51.1 Å². The molecule has 1 saturated heterocycles. The van der Waals surface area contributed by atoms with Gasteiger partial charge in [0.05, 0.1) is 6.04 Å². The van der Waals surface area contributed by atoms with Gasteiger partial charge in [0.15, 0.2) is 0 Å². The number of nitrogens with one attached hydrogen (secondary N) is 3. The third-order valence-electron chi connectivity index (χ3n) is 5.52. The Labute approximate surface area is 188 Å². The van der Waals surface area contributed by atoms with E-state index in [9.17, 15) is 14.4 Å². The minimum atomic E-state index is -0.352. The Morgan fingerprint density at radius 3 is 2.44 bits per heavy atom. The average molecular weight is 438 g/mol. The van der Waals surface area contributed by atoms with Crippen LogP contribution in [0.1, 0.15) is 38.2 Å². The summed E-state index contributed by atoms with van der Waals surface area (Å²) in [6.45, 7) is 2.43. The van der Waals surface area contributed by atoms with Crippen molar-refractivity contribution in [3.63, 3.8) is 0 Å². The molecule has 3 rings (SSSR count). The maximum absolute atomic E-state index is 12.7. The molecule has 2 heterocycles. The van der Waals surface area contributed by atoms with E-state index in [0.29, 0.717) is 37.4 Å². The van der Waals surface area contributed by atoms with E-state index in [1.54, 1.807) is 25.1 Å². The van der Waals surface area contributed by atoms with Gasteiger partial charge >= 0.3 is 0 Å². The van der Waals surface area contributed by atoms with Gasteiger partial charge in [-0.3, -0.25) is 19.3 Å². The fourth-order valence-corrected chi connectivity index (χ4v) is 3.83. The lowest BCUT2D eigenvalue weighted by atomic mass is 10.1. The van der Waals surface area contributed by atoms with Crippen molar-refractivity contribution >= 4 is 29.4 Å². The summed E-state index contributed by atoms with van der Waals surface area (Å²) in [5, 5.41) is 8.56. The molecule has 170 valence electrons. The number of carbonyl (C=O) groups is 3. The highest BCUT2D eigenvalue weighted by atomic mass is 16.2. The van der Waals surface area contributed by atoms with E-state index in [0.717, 1.165) is 12.8 Å². The number of aryl methyl sites for hydroxylation is 1. The smallest absolute Gasteiger partial charge is 0.242 e. The fraction of sp³-hybridized carbons (Fsp3) is 0.417. The van der Waals surface area contributed by atoms with Gasteiger partial charge in [0, 0.05) is 25.4 Å². The minimum Gasteiger partial charge on any atom is -0.352 e. The normalized spacial score (nSPS) is 18.2. The van der Waals surface area contributed by atoms with Gasteiger partial charge in [-0.25, -0.2) is 4.98 Å². The molecule has 32 heavy (non-hydrogen) atoms. The molecule has 1 fully saturated rings. The molecule has 2 atom stereocenters. The molecule has 3 N–H and O–H groups in total. The van der Waals surface area contributed by atoms with Crippen LogP contribution in [0.2, 0.25) is 0 Å². The fourth-order valence-electron chi connectivity index (χ4n) is 3.83. The van der Waals surface area contributed by atoms with Crippen LogP contribution in [0.4, 0.5) is 11.6 Å². The first kappa shape index (κ1) is 23.4. The third-order valence-corrected chi connectivity index (χ3v) is 5.52. The second kappa shape index (κ2) is 11.4. The molecule has 8 nitrogen and oxygen atoms in total. The first-order valence-corrected chi connectivity index (χ1v) is 11.1. The Morgan fingerprint density at radius 2 is 1.72 bits per heavy atom. The van der Waals surface area contributed by atoms with E-state index in [4.69, 9.17) is 0 Å². The Morgan fingerprint density at radius 1 is 1.00 bits per heavy atom. The molecule has 0 spiro atoms. The van der Waals surface area contributed by atoms with Crippen LogP contribution < -0.4 is 16.0 Å². The lowest BCUT2D eigenvalue weighted by molar-refractivity contribution is -0.122. The predicted octanol–water partition coefficient (Wildman–Crippen LogP) is 2.58. The number of likely N-dealkylation sites (tertiary alicyclic amines) is 1. The SMILES string of the molecule is CCC(=O)N[C@@H]1C[C@@H](C(=O)Nc2cccc(NC(=O)CCCc3ccccc3)n2)N(C)C1. The van der Waals surface area contributed by atoms with Gasteiger partial charge in [-0.1, -0.05) is 43.3 Å². The van der Waals surface area contributed by atoms with Crippen LogP contribution in [0.3, 0.4) is 0 Å². The zero-order valence-electron chi connectivity index (χ0n) is 18.6. The Hall–Kier alpha value is -3.26. The number of pyridine rings is 1. The Balaban J connectivity index is 1.48. The molecule has 3 amide bonds. The zero-order chi connectivity index (χ0) is 22.9. The van der Waals surface area contributed by atoms with Crippen molar-refractivity contribution in [1.82, 2.24) is 15.2 Å². The Kier molecular flexibility index (Phi) is 8.33. The molecular formula is C24H31N5O3. The maximum atomic E-state index is 12.7. The number of nitrogens with zero attached hydrogens (tertiary/aromatic N) is 2. The van der Waals surface area contributed by atoms with Crippen molar-refractivity contribution in [2.24, 2.45) is 0 Å². The number of benzene rings is 1. The number of hydrogen-bond acceptors (Lipinski definition) is 5. The highest BCUT2D eigenvalue weighted by Gasteiger charge is 2.35. The molecule has 0 bridgehead atoms. The lowest BCUT2D eigenvalue weighted by Gasteiger charge is -2.18. The van der Waals surface area contributed by atoms with Crippen LogP contribution >= 0.6 is 0 Å². The van der Waals surface area contributed by atoms with Gasteiger partial charge in [0.25, 0.3) is 0 Å². The van der Waals surface area contributed by atoms with E-state index in [-0.39, 0.29) is 29.8 Å². The molecule has 2 aromatic rings. The van der Waals surface area contributed by atoms with Gasteiger partial charge in [-0.15, -0.1) is 0 Å². The maximum Gasteiger partial charge on any atom is 0.242 e. The molecular weight excluding hydrogens is 406 g/mol. The van der Waals surface area contributed by atoms with E-state index in [1.165, 1.54) is 5.56 Å². The van der Waals surface area contributed by atoms with Crippen LogP contribution in [-0.4, -0.2) is 53.3 Å². The summed E-state index contributed by atoms with van der Waals surface area (Å²) in [7, 11) is 1.86. The second-order valence-corrected chi connectivity index (χ2v) is 8.09. The molecule has 1 aliphatic rings. The quantitative estimate of drug-likeness (QED) is 0.560. The van der Waals surface area contributed by atoms with E-state index < -0.39 is 0 Å². The van der Waals surface area contributed by atoms with E-state index in [2.05, 4.69) is 20.9 Å². The molecule has 0 saturated carbocycles. The van der Waals surface area contributed by atoms with Gasteiger partial charge in [-0.2, -0.15) is 0 Å². The van der Waals surface area contributed by atoms with Crippen molar-refractivity contribution in [1.29, 1.82) is 0 Å². The van der Waals surface area contributed by atoms with Crippen molar-refractivity contribution in [3.05, 3.63) is 54.1 Å². The molecule has 8 heteroatoms. The number of likely N-dealkylation sites (N-methyl/N-ethyl adjacent to an activating group) is 1. The van der Waals surface area contributed by atoms with E-state index in [1.807, 2.05) is 42.3 Å². The van der Waals surface area contributed by atoms with Crippen LogP contribution in [0.15, 0.2) is 48.5 Å². The summed E-state index contributed by atoms with van der Waals surface area (Å²) < 4.78 is 0. The van der Waals surface area contributed by atoms with Gasteiger partial charge in [0.2, 0.25) is 17.7 Å². The third kappa shape index (κ3) is 6.88. The summed E-state index contributed by atoms with van der Waals surface area (Å²) in [6, 6.07) is 14.8. The second-order valence-electron chi connectivity index (χ2n) is 8.09. The number of rotatable bonds is 9. The van der Waals surface area contributed by atoms with Crippen molar-refractivity contribution in [3.8, 4) is 0 Å². The van der Waals surface area contributed by atoms with Gasteiger partial charge in [0.1, 0.15) is 11.6 Å². The number of anilines is 2. The number of carbonyl (C=O) groups excluding carboxylic acids is 3. The highest BCUT2D eigenvalue weighted by Crippen LogP contribution is 2.18. The van der Waals surface area contributed by atoms with Crippen LogP contribution in [0.5, 0.6) is 0 Å². The summed E-state index contributed by atoms with van der Waals surface area (Å²) in [5.74, 6) is 0.478. The van der Waals surface area contributed by atoms with Gasteiger partial charge in [-0.05, 0) is 44.0 Å². The largest absolute Gasteiger partial charge is 0.352 e. The Bertz CT molecular complexity index is 934. The summed E-state index contributed by atoms with van der Waals surface area (Å²) >= 11 is 0. The summed E-state index contributed by atoms with van der Waals surface area (Å²) in [5.41, 5.74) is 1.21. The lowest BCUT2D eigenvalue weighted by Crippen LogP contribution is -2.37. The van der Waals surface area contributed by atoms with Crippen LogP contribution in [0.25, 0.3) is 0 Å². The number of hydrogen-bond donors (Lipinski definition) is 3. The minimum absolute atomic E-state index is 0.0154. The summed E-state index contributed by atoms with van der Waals surface area (Å²) in [4.78, 5) is 42.9. The topological polar surface area (TPSA) is 103 Å². The highest BCUT2D eigenvalue weighted by molar-refractivity contribution is 5.95. The van der Waals surface area contributed by atoms with Crippen molar-refractivity contribution in [2.75, 3.05) is 24.2 Å². The average Bonchev–Trinajstić information content (AvgIpc) is 3.14. The first-order valence-electron chi connectivity index (χ1n) is 11.1. The predicted molar refractivity (Wildman–Crippen MR) is 124 cm³/mol. The van der Waals surface area contributed by atoms with Crippen LogP contribution in [-0.2, 0) is 20.8 Å². The molecule has 0 radical (unpaired) electrons.